The Labute approximate surface area is 112 Å². The molecule has 1 saturated heterocycles. The summed E-state index contributed by atoms with van der Waals surface area (Å²) in [4.78, 5) is 10.9. The Balaban J connectivity index is 1.64. The first kappa shape index (κ1) is 12.3. The second-order valence-corrected chi connectivity index (χ2v) is 4.97. The lowest BCUT2D eigenvalue weighted by Crippen LogP contribution is -2.26. The summed E-state index contributed by atoms with van der Waals surface area (Å²) in [6, 6.07) is 4.46. The van der Waals surface area contributed by atoms with Crippen molar-refractivity contribution in [2.75, 3.05) is 13.1 Å². The number of nitrogens with zero attached hydrogens (tertiary/aromatic N) is 4. The summed E-state index contributed by atoms with van der Waals surface area (Å²) in [6.45, 7) is 3.98. The topological polar surface area (TPSA) is 55.1 Å². The molecule has 1 fully saturated rings. The van der Waals surface area contributed by atoms with E-state index in [1.807, 2.05) is 19.3 Å². The fourth-order valence-corrected chi connectivity index (χ4v) is 2.66. The molecule has 0 unspecified atom stereocenters. The number of rotatable bonds is 4. The summed E-state index contributed by atoms with van der Waals surface area (Å²) in [7, 11) is 0. The van der Waals surface area contributed by atoms with Gasteiger partial charge in [-0.05, 0) is 43.5 Å². The standard InChI is InChI=1S/C14H18N4O/c1-11-16-14(17-19-11)13-3-2-9-18(13)10-6-12-4-7-15-8-5-12/h4-5,7-8,13H,2-3,6,9-10H2,1H3/t13-/m1/s1. The summed E-state index contributed by atoms with van der Waals surface area (Å²) in [6.07, 6.45) is 7.05. The van der Waals surface area contributed by atoms with Gasteiger partial charge < -0.3 is 4.52 Å². The van der Waals surface area contributed by atoms with Gasteiger partial charge >= 0.3 is 0 Å². The minimum Gasteiger partial charge on any atom is -0.340 e. The van der Waals surface area contributed by atoms with Gasteiger partial charge in [0.1, 0.15) is 0 Å². The molecule has 1 atom stereocenters. The van der Waals surface area contributed by atoms with E-state index in [2.05, 4.69) is 32.2 Å². The van der Waals surface area contributed by atoms with Crippen molar-refractivity contribution in [3.05, 3.63) is 41.8 Å². The fourth-order valence-electron chi connectivity index (χ4n) is 2.66. The van der Waals surface area contributed by atoms with E-state index in [0.717, 1.165) is 31.8 Å². The van der Waals surface area contributed by atoms with Crippen molar-refractivity contribution in [3.8, 4) is 0 Å². The highest BCUT2D eigenvalue weighted by molar-refractivity contribution is 5.10. The second kappa shape index (κ2) is 5.48. The Morgan fingerprint density at radius 2 is 2.21 bits per heavy atom. The lowest BCUT2D eigenvalue weighted by molar-refractivity contribution is 0.245. The zero-order valence-corrected chi connectivity index (χ0v) is 11.1. The van der Waals surface area contributed by atoms with Gasteiger partial charge in [-0.1, -0.05) is 5.16 Å². The predicted octanol–water partition coefficient (Wildman–Crippen LogP) is 2.15. The van der Waals surface area contributed by atoms with Gasteiger partial charge in [0.15, 0.2) is 5.82 Å². The second-order valence-electron chi connectivity index (χ2n) is 4.97. The van der Waals surface area contributed by atoms with Gasteiger partial charge in [-0.25, -0.2) is 0 Å². The van der Waals surface area contributed by atoms with Gasteiger partial charge in [0.05, 0.1) is 6.04 Å². The summed E-state index contributed by atoms with van der Waals surface area (Å²) in [5.41, 5.74) is 1.32. The molecule has 0 spiro atoms. The molecule has 5 heteroatoms. The van der Waals surface area contributed by atoms with Crippen LogP contribution in [0.4, 0.5) is 0 Å². The van der Waals surface area contributed by atoms with Crippen LogP contribution >= 0.6 is 0 Å². The molecule has 0 radical (unpaired) electrons. The Hall–Kier alpha value is -1.75. The SMILES string of the molecule is Cc1nc([C@H]2CCCN2CCc2ccncc2)no1. The van der Waals surface area contributed by atoms with E-state index in [0.29, 0.717) is 11.9 Å². The van der Waals surface area contributed by atoms with Crippen LogP contribution in [0.15, 0.2) is 29.0 Å². The molecule has 3 rings (SSSR count). The van der Waals surface area contributed by atoms with Gasteiger partial charge in [-0.2, -0.15) is 4.98 Å². The number of aromatic nitrogens is 3. The normalized spacial score (nSPS) is 19.9. The fraction of sp³-hybridized carbons (Fsp3) is 0.500. The highest BCUT2D eigenvalue weighted by Crippen LogP contribution is 2.29. The van der Waals surface area contributed by atoms with E-state index >= 15 is 0 Å². The molecule has 0 aliphatic carbocycles. The van der Waals surface area contributed by atoms with Gasteiger partial charge in [0.25, 0.3) is 0 Å². The Morgan fingerprint density at radius 3 is 2.95 bits per heavy atom. The van der Waals surface area contributed by atoms with Crippen LogP contribution in [0.5, 0.6) is 0 Å². The molecule has 2 aromatic heterocycles. The van der Waals surface area contributed by atoms with Crippen LogP contribution < -0.4 is 0 Å². The first-order valence-electron chi connectivity index (χ1n) is 6.76. The molecule has 3 heterocycles. The average molecular weight is 258 g/mol. The van der Waals surface area contributed by atoms with Gasteiger partial charge in [0.2, 0.25) is 5.89 Å². The third-order valence-corrected chi connectivity index (χ3v) is 3.64. The maximum atomic E-state index is 5.09. The van der Waals surface area contributed by atoms with E-state index < -0.39 is 0 Å². The van der Waals surface area contributed by atoms with Crippen molar-refractivity contribution in [2.45, 2.75) is 32.2 Å². The van der Waals surface area contributed by atoms with E-state index in [4.69, 9.17) is 4.52 Å². The lowest BCUT2D eigenvalue weighted by Gasteiger charge is -2.21. The Bertz CT molecular complexity index is 525. The Kier molecular flexibility index (Phi) is 3.55. The van der Waals surface area contributed by atoms with Crippen LogP contribution in [-0.2, 0) is 6.42 Å². The van der Waals surface area contributed by atoms with Crippen molar-refractivity contribution in [3.63, 3.8) is 0 Å². The number of pyridine rings is 1. The molecule has 0 saturated carbocycles. The molecule has 5 nitrogen and oxygen atoms in total. The number of hydrogen-bond acceptors (Lipinski definition) is 5. The quantitative estimate of drug-likeness (QED) is 0.841. The lowest BCUT2D eigenvalue weighted by atomic mass is 10.1. The van der Waals surface area contributed by atoms with Gasteiger partial charge in [-0.3, -0.25) is 9.88 Å². The van der Waals surface area contributed by atoms with E-state index in [1.165, 1.54) is 12.0 Å². The largest absolute Gasteiger partial charge is 0.340 e. The Morgan fingerprint density at radius 1 is 1.37 bits per heavy atom. The minimum absolute atomic E-state index is 0.319. The van der Waals surface area contributed by atoms with E-state index in [1.54, 1.807) is 0 Å². The smallest absolute Gasteiger partial charge is 0.223 e. The summed E-state index contributed by atoms with van der Waals surface area (Å²) >= 11 is 0. The van der Waals surface area contributed by atoms with Gasteiger partial charge in [0, 0.05) is 25.9 Å². The highest BCUT2D eigenvalue weighted by Gasteiger charge is 2.29. The maximum absolute atomic E-state index is 5.09. The number of aryl methyl sites for hydroxylation is 1. The molecule has 100 valence electrons. The van der Waals surface area contributed by atoms with Crippen LogP contribution in [0.1, 0.15) is 36.2 Å². The van der Waals surface area contributed by atoms with Crippen LogP contribution in [0.25, 0.3) is 0 Å². The minimum atomic E-state index is 0.319. The highest BCUT2D eigenvalue weighted by atomic mass is 16.5. The summed E-state index contributed by atoms with van der Waals surface area (Å²) < 4.78 is 5.09. The molecular weight excluding hydrogens is 240 g/mol. The van der Waals surface area contributed by atoms with Crippen LogP contribution in [0.3, 0.4) is 0 Å². The molecular formula is C14H18N4O. The third-order valence-electron chi connectivity index (χ3n) is 3.64. The summed E-state index contributed by atoms with van der Waals surface area (Å²) in [5.74, 6) is 1.49. The van der Waals surface area contributed by atoms with Crippen molar-refractivity contribution < 1.29 is 4.52 Å². The number of hydrogen-bond donors (Lipinski definition) is 0. The zero-order chi connectivity index (χ0) is 13.1. The van der Waals surface area contributed by atoms with E-state index in [9.17, 15) is 0 Å². The zero-order valence-electron chi connectivity index (χ0n) is 11.1. The van der Waals surface area contributed by atoms with E-state index in [-0.39, 0.29) is 0 Å². The van der Waals surface area contributed by atoms with Crippen molar-refractivity contribution in [1.29, 1.82) is 0 Å². The van der Waals surface area contributed by atoms with Crippen LogP contribution in [-0.4, -0.2) is 33.1 Å². The summed E-state index contributed by atoms with van der Waals surface area (Å²) in [5, 5.41) is 4.07. The van der Waals surface area contributed by atoms with Gasteiger partial charge in [-0.15, -0.1) is 0 Å². The molecule has 1 aliphatic rings. The predicted molar refractivity (Wildman–Crippen MR) is 70.5 cm³/mol. The molecule has 0 bridgehead atoms. The first-order chi connectivity index (χ1) is 9.33. The van der Waals surface area contributed by atoms with Crippen LogP contribution in [0, 0.1) is 6.92 Å². The average Bonchev–Trinajstić information content (AvgIpc) is 3.06. The monoisotopic (exact) mass is 258 g/mol. The first-order valence-corrected chi connectivity index (χ1v) is 6.76. The maximum Gasteiger partial charge on any atom is 0.223 e. The van der Waals surface area contributed by atoms with Crippen molar-refractivity contribution >= 4 is 0 Å². The molecule has 1 aliphatic heterocycles. The molecule has 2 aromatic rings. The molecule has 0 aromatic carbocycles. The van der Waals surface area contributed by atoms with Crippen molar-refractivity contribution in [2.24, 2.45) is 0 Å². The van der Waals surface area contributed by atoms with Crippen molar-refractivity contribution in [1.82, 2.24) is 20.0 Å². The number of likely N-dealkylation sites (tertiary alicyclic amines) is 1. The van der Waals surface area contributed by atoms with Crippen LogP contribution in [0.2, 0.25) is 0 Å². The molecule has 0 amide bonds. The molecule has 19 heavy (non-hydrogen) atoms. The molecule has 0 N–H and O–H groups in total. The third kappa shape index (κ3) is 2.81.